The van der Waals surface area contributed by atoms with E-state index >= 15 is 0 Å². The van der Waals surface area contributed by atoms with E-state index in [4.69, 9.17) is 16.1 Å². The molecule has 90 valence electrons. The maximum Gasteiger partial charge on any atom is 0.240 e. The SMILES string of the molecule is CC(C)NCc1nc(-c2ccc(Cl)cn2)no1. The molecule has 0 aliphatic heterocycles. The largest absolute Gasteiger partial charge is 0.337 e. The Morgan fingerprint density at radius 2 is 2.24 bits per heavy atom. The van der Waals surface area contributed by atoms with Crippen LogP contribution in [0.1, 0.15) is 19.7 Å². The standard InChI is InChI=1S/C11H13ClN4O/c1-7(2)13-6-10-15-11(16-17-10)9-4-3-8(12)5-14-9/h3-5,7,13H,6H2,1-2H3. The molecule has 0 unspecified atom stereocenters. The third-order valence-electron chi connectivity index (χ3n) is 2.09. The predicted octanol–water partition coefficient (Wildman–Crippen LogP) is 2.28. The van der Waals surface area contributed by atoms with Crippen molar-refractivity contribution in [3.05, 3.63) is 29.2 Å². The lowest BCUT2D eigenvalue weighted by molar-refractivity contribution is 0.362. The van der Waals surface area contributed by atoms with E-state index in [1.54, 1.807) is 18.3 Å². The van der Waals surface area contributed by atoms with Crippen molar-refractivity contribution in [3.8, 4) is 11.5 Å². The van der Waals surface area contributed by atoms with Gasteiger partial charge in [-0.1, -0.05) is 30.6 Å². The summed E-state index contributed by atoms with van der Waals surface area (Å²) < 4.78 is 5.10. The Bertz CT molecular complexity index is 480. The van der Waals surface area contributed by atoms with Crippen LogP contribution < -0.4 is 5.32 Å². The minimum absolute atomic E-state index is 0.374. The molecule has 6 heteroatoms. The average Bonchev–Trinajstić information content (AvgIpc) is 2.76. The highest BCUT2D eigenvalue weighted by atomic mass is 35.5. The van der Waals surface area contributed by atoms with E-state index < -0.39 is 0 Å². The summed E-state index contributed by atoms with van der Waals surface area (Å²) in [5.74, 6) is 1.02. The monoisotopic (exact) mass is 252 g/mol. The Kier molecular flexibility index (Phi) is 3.71. The molecule has 0 radical (unpaired) electrons. The van der Waals surface area contributed by atoms with Crippen molar-refractivity contribution < 1.29 is 4.52 Å². The Hall–Kier alpha value is -1.46. The molecule has 0 saturated heterocycles. The van der Waals surface area contributed by atoms with E-state index in [-0.39, 0.29) is 0 Å². The molecule has 0 saturated carbocycles. The zero-order valence-electron chi connectivity index (χ0n) is 9.64. The third kappa shape index (κ3) is 3.25. The topological polar surface area (TPSA) is 63.8 Å². The Morgan fingerprint density at radius 1 is 1.41 bits per heavy atom. The van der Waals surface area contributed by atoms with Gasteiger partial charge in [-0.15, -0.1) is 0 Å². The van der Waals surface area contributed by atoms with E-state index in [0.29, 0.717) is 35.0 Å². The summed E-state index contributed by atoms with van der Waals surface area (Å²) in [6.45, 7) is 4.66. The molecule has 2 aromatic heterocycles. The molecule has 1 N–H and O–H groups in total. The predicted molar refractivity (Wildman–Crippen MR) is 64.5 cm³/mol. The minimum Gasteiger partial charge on any atom is -0.337 e. The van der Waals surface area contributed by atoms with Crippen molar-refractivity contribution in [2.75, 3.05) is 0 Å². The van der Waals surface area contributed by atoms with Crippen molar-refractivity contribution >= 4 is 11.6 Å². The molecule has 17 heavy (non-hydrogen) atoms. The zero-order chi connectivity index (χ0) is 12.3. The van der Waals surface area contributed by atoms with Crippen molar-refractivity contribution in [1.82, 2.24) is 20.4 Å². The molecular weight excluding hydrogens is 240 g/mol. The maximum atomic E-state index is 5.75. The lowest BCUT2D eigenvalue weighted by atomic mass is 10.3. The molecule has 0 aliphatic rings. The molecule has 0 aromatic carbocycles. The number of nitrogens with one attached hydrogen (secondary N) is 1. The van der Waals surface area contributed by atoms with Crippen LogP contribution >= 0.6 is 11.6 Å². The van der Waals surface area contributed by atoms with Gasteiger partial charge in [-0.2, -0.15) is 4.98 Å². The van der Waals surface area contributed by atoms with E-state index in [1.165, 1.54) is 0 Å². The first-order chi connectivity index (χ1) is 8.15. The van der Waals surface area contributed by atoms with Crippen molar-refractivity contribution in [2.24, 2.45) is 0 Å². The highest BCUT2D eigenvalue weighted by molar-refractivity contribution is 6.30. The van der Waals surface area contributed by atoms with Crippen molar-refractivity contribution in [2.45, 2.75) is 26.4 Å². The lowest BCUT2D eigenvalue weighted by Gasteiger charge is -2.02. The normalized spacial score (nSPS) is 11.1. The number of hydrogen-bond donors (Lipinski definition) is 1. The highest BCUT2D eigenvalue weighted by Crippen LogP contribution is 2.15. The molecule has 0 fully saturated rings. The molecule has 0 aliphatic carbocycles. The first-order valence-corrected chi connectivity index (χ1v) is 5.71. The van der Waals surface area contributed by atoms with Crippen LogP contribution in [0.5, 0.6) is 0 Å². The fraction of sp³-hybridized carbons (Fsp3) is 0.364. The molecule has 2 aromatic rings. The quantitative estimate of drug-likeness (QED) is 0.905. The zero-order valence-corrected chi connectivity index (χ0v) is 10.4. The van der Waals surface area contributed by atoms with Crippen LogP contribution in [-0.2, 0) is 6.54 Å². The Labute approximate surface area is 104 Å². The summed E-state index contributed by atoms with van der Waals surface area (Å²) in [5.41, 5.74) is 0.647. The summed E-state index contributed by atoms with van der Waals surface area (Å²) >= 11 is 5.75. The number of halogens is 1. The molecule has 0 atom stereocenters. The molecule has 2 heterocycles. The summed E-state index contributed by atoms with van der Waals surface area (Å²) in [6.07, 6.45) is 1.55. The first-order valence-electron chi connectivity index (χ1n) is 5.33. The fourth-order valence-electron chi connectivity index (χ4n) is 1.23. The second-order valence-electron chi connectivity index (χ2n) is 3.91. The van der Waals surface area contributed by atoms with Crippen LogP contribution in [0.3, 0.4) is 0 Å². The van der Waals surface area contributed by atoms with Gasteiger partial charge in [-0.25, -0.2) is 0 Å². The summed E-state index contributed by atoms with van der Waals surface area (Å²) in [7, 11) is 0. The number of nitrogens with zero attached hydrogens (tertiary/aromatic N) is 3. The summed E-state index contributed by atoms with van der Waals surface area (Å²) in [5, 5.41) is 7.64. The van der Waals surface area contributed by atoms with Gasteiger partial charge in [-0.05, 0) is 12.1 Å². The van der Waals surface area contributed by atoms with Crippen molar-refractivity contribution in [1.29, 1.82) is 0 Å². The number of hydrogen-bond acceptors (Lipinski definition) is 5. The average molecular weight is 253 g/mol. The van der Waals surface area contributed by atoms with Gasteiger partial charge in [0.15, 0.2) is 0 Å². The van der Waals surface area contributed by atoms with Gasteiger partial charge < -0.3 is 9.84 Å². The first kappa shape index (κ1) is 12.0. The van der Waals surface area contributed by atoms with Crippen LogP contribution in [0, 0.1) is 0 Å². The van der Waals surface area contributed by atoms with E-state index in [0.717, 1.165) is 0 Å². The summed E-state index contributed by atoms with van der Waals surface area (Å²) in [4.78, 5) is 8.36. The number of pyridine rings is 1. The Balaban J connectivity index is 2.10. The van der Waals surface area contributed by atoms with Gasteiger partial charge in [0.25, 0.3) is 0 Å². The lowest BCUT2D eigenvalue weighted by Crippen LogP contribution is -2.21. The van der Waals surface area contributed by atoms with E-state index in [2.05, 4.69) is 34.3 Å². The molecular formula is C11H13ClN4O. The maximum absolute atomic E-state index is 5.75. The van der Waals surface area contributed by atoms with Crippen LogP contribution in [0.2, 0.25) is 5.02 Å². The van der Waals surface area contributed by atoms with Gasteiger partial charge >= 0.3 is 0 Å². The smallest absolute Gasteiger partial charge is 0.240 e. The van der Waals surface area contributed by atoms with Gasteiger partial charge in [0.1, 0.15) is 5.69 Å². The van der Waals surface area contributed by atoms with E-state index in [9.17, 15) is 0 Å². The molecule has 0 amide bonds. The van der Waals surface area contributed by atoms with Gasteiger partial charge in [0.05, 0.1) is 11.6 Å². The summed E-state index contributed by atoms with van der Waals surface area (Å²) in [6, 6.07) is 3.87. The second kappa shape index (κ2) is 5.25. The van der Waals surface area contributed by atoms with Crippen molar-refractivity contribution in [3.63, 3.8) is 0 Å². The number of aromatic nitrogens is 3. The molecule has 0 spiro atoms. The molecule has 0 bridgehead atoms. The van der Waals surface area contributed by atoms with Crippen LogP contribution in [0.25, 0.3) is 11.5 Å². The fourth-order valence-corrected chi connectivity index (χ4v) is 1.34. The van der Waals surface area contributed by atoms with Crippen LogP contribution in [0.15, 0.2) is 22.9 Å². The molecule has 2 rings (SSSR count). The van der Waals surface area contributed by atoms with E-state index in [1.807, 2.05) is 0 Å². The molecule has 5 nitrogen and oxygen atoms in total. The number of rotatable bonds is 4. The van der Waals surface area contributed by atoms with Crippen LogP contribution in [-0.4, -0.2) is 21.2 Å². The Morgan fingerprint density at radius 3 is 2.88 bits per heavy atom. The van der Waals surface area contributed by atoms with Gasteiger partial charge in [0, 0.05) is 12.2 Å². The van der Waals surface area contributed by atoms with Crippen LogP contribution in [0.4, 0.5) is 0 Å². The minimum atomic E-state index is 0.374. The van der Waals surface area contributed by atoms with Gasteiger partial charge in [0.2, 0.25) is 11.7 Å². The van der Waals surface area contributed by atoms with Gasteiger partial charge in [-0.3, -0.25) is 4.98 Å². The third-order valence-corrected chi connectivity index (χ3v) is 2.31. The highest BCUT2D eigenvalue weighted by Gasteiger charge is 2.09. The second-order valence-corrected chi connectivity index (χ2v) is 4.35.